The fraction of sp³-hybridized carbons (Fsp3) is 0.533. The van der Waals surface area contributed by atoms with E-state index in [0.717, 1.165) is 5.56 Å². The molecule has 0 radical (unpaired) electrons. The Labute approximate surface area is 114 Å². The monoisotopic (exact) mass is 265 g/mol. The van der Waals surface area contributed by atoms with Crippen LogP contribution < -0.4 is 5.32 Å². The predicted molar refractivity (Wildman–Crippen MR) is 75.3 cm³/mol. The smallest absolute Gasteiger partial charge is 0.179 e. The van der Waals surface area contributed by atoms with E-state index in [1.807, 2.05) is 6.92 Å². The molecule has 1 saturated carbocycles. The van der Waals surface area contributed by atoms with Crippen molar-refractivity contribution in [2.75, 3.05) is 0 Å². The van der Waals surface area contributed by atoms with E-state index in [1.165, 1.54) is 32.1 Å². The average molecular weight is 266 g/mol. The maximum atomic E-state index is 12.2. The molecule has 1 atom stereocenters. The van der Waals surface area contributed by atoms with E-state index in [2.05, 4.69) is 5.32 Å². The van der Waals surface area contributed by atoms with Crippen LogP contribution in [-0.4, -0.2) is 17.9 Å². The molecule has 0 saturated heterocycles. The lowest BCUT2D eigenvalue weighted by atomic mass is 9.94. The van der Waals surface area contributed by atoms with Gasteiger partial charge in [-0.05, 0) is 44.0 Å². The highest BCUT2D eigenvalue weighted by atomic mass is 35.5. The van der Waals surface area contributed by atoms with Crippen LogP contribution >= 0.6 is 11.6 Å². The lowest BCUT2D eigenvalue weighted by Crippen LogP contribution is -2.42. The fourth-order valence-electron chi connectivity index (χ4n) is 2.56. The molecule has 0 heterocycles. The van der Waals surface area contributed by atoms with Crippen molar-refractivity contribution < 1.29 is 4.79 Å². The van der Waals surface area contributed by atoms with Gasteiger partial charge < -0.3 is 5.32 Å². The van der Waals surface area contributed by atoms with Crippen LogP contribution in [0.4, 0.5) is 0 Å². The number of ketones is 1. The Balaban J connectivity index is 1.93. The summed E-state index contributed by atoms with van der Waals surface area (Å²) < 4.78 is 0. The molecule has 18 heavy (non-hydrogen) atoms. The molecule has 3 heteroatoms. The molecule has 1 aliphatic rings. The van der Waals surface area contributed by atoms with E-state index in [4.69, 9.17) is 11.6 Å². The summed E-state index contributed by atoms with van der Waals surface area (Å²) >= 11 is 5.82. The normalized spacial score (nSPS) is 18.6. The van der Waals surface area contributed by atoms with Gasteiger partial charge in [-0.15, -0.1) is 0 Å². The third-order valence-electron chi connectivity index (χ3n) is 3.61. The van der Waals surface area contributed by atoms with Gasteiger partial charge in [-0.2, -0.15) is 0 Å². The van der Waals surface area contributed by atoms with Gasteiger partial charge in [0.05, 0.1) is 6.04 Å². The van der Waals surface area contributed by atoms with Crippen molar-refractivity contribution in [1.82, 2.24) is 5.32 Å². The van der Waals surface area contributed by atoms with Gasteiger partial charge in [0.2, 0.25) is 0 Å². The Morgan fingerprint density at radius 3 is 2.44 bits per heavy atom. The fourth-order valence-corrected chi connectivity index (χ4v) is 2.69. The molecule has 1 aromatic carbocycles. The Kier molecular flexibility index (Phi) is 4.79. The lowest BCUT2D eigenvalue weighted by molar-refractivity contribution is 0.0940. The highest BCUT2D eigenvalue weighted by molar-refractivity contribution is 6.30. The number of carbonyl (C=O) groups excluding carboxylic acids is 1. The Morgan fingerprint density at radius 1 is 1.22 bits per heavy atom. The van der Waals surface area contributed by atoms with Crippen molar-refractivity contribution in [3.05, 3.63) is 34.9 Å². The lowest BCUT2D eigenvalue weighted by Gasteiger charge is -2.26. The van der Waals surface area contributed by atoms with Crippen LogP contribution in [0.5, 0.6) is 0 Å². The molecule has 1 fully saturated rings. The zero-order chi connectivity index (χ0) is 13.0. The number of rotatable bonds is 4. The molecule has 0 amide bonds. The van der Waals surface area contributed by atoms with E-state index in [0.29, 0.717) is 11.1 Å². The van der Waals surface area contributed by atoms with Crippen LogP contribution in [0.25, 0.3) is 0 Å². The first-order valence-corrected chi connectivity index (χ1v) is 7.10. The first-order valence-electron chi connectivity index (χ1n) is 6.72. The van der Waals surface area contributed by atoms with E-state index in [9.17, 15) is 4.79 Å². The van der Waals surface area contributed by atoms with Crippen LogP contribution in [0, 0.1) is 0 Å². The number of hydrogen-bond acceptors (Lipinski definition) is 2. The number of hydrogen-bond donors (Lipinski definition) is 1. The van der Waals surface area contributed by atoms with Gasteiger partial charge in [0.1, 0.15) is 0 Å². The van der Waals surface area contributed by atoms with Crippen molar-refractivity contribution in [3.63, 3.8) is 0 Å². The number of carbonyl (C=O) groups is 1. The SMILES string of the molecule is CC(NC1CCCCC1)C(=O)c1ccc(Cl)cc1. The van der Waals surface area contributed by atoms with Crippen LogP contribution in [0.3, 0.4) is 0 Å². The second-order valence-corrected chi connectivity index (χ2v) is 5.53. The summed E-state index contributed by atoms with van der Waals surface area (Å²) in [4.78, 5) is 12.2. The highest BCUT2D eigenvalue weighted by Gasteiger charge is 2.20. The van der Waals surface area contributed by atoms with Gasteiger partial charge >= 0.3 is 0 Å². The summed E-state index contributed by atoms with van der Waals surface area (Å²) in [5, 5.41) is 4.12. The zero-order valence-electron chi connectivity index (χ0n) is 10.8. The standard InChI is InChI=1S/C15H20ClNO/c1-11(17-14-5-3-2-4-6-14)15(18)12-7-9-13(16)10-8-12/h7-11,14,17H,2-6H2,1H3. The van der Waals surface area contributed by atoms with E-state index in [-0.39, 0.29) is 11.8 Å². The Hall–Kier alpha value is -0.860. The van der Waals surface area contributed by atoms with Crippen molar-refractivity contribution in [3.8, 4) is 0 Å². The maximum absolute atomic E-state index is 12.2. The molecule has 2 nitrogen and oxygen atoms in total. The molecular weight excluding hydrogens is 246 g/mol. The third kappa shape index (κ3) is 3.56. The maximum Gasteiger partial charge on any atom is 0.179 e. The van der Waals surface area contributed by atoms with Crippen LogP contribution in [0.15, 0.2) is 24.3 Å². The van der Waals surface area contributed by atoms with E-state index < -0.39 is 0 Å². The van der Waals surface area contributed by atoms with Gasteiger partial charge in [0, 0.05) is 16.6 Å². The summed E-state index contributed by atoms with van der Waals surface area (Å²) in [5.41, 5.74) is 0.732. The summed E-state index contributed by atoms with van der Waals surface area (Å²) in [6.45, 7) is 1.95. The number of benzene rings is 1. The Bertz CT molecular complexity index is 395. The molecule has 1 aliphatic carbocycles. The molecule has 2 rings (SSSR count). The summed E-state index contributed by atoms with van der Waals surface area (Å²) in [6.07, 6.45) is 6.27. The van der Waals surface area contributed by atoms with Gasteiger partial charge in [0.15, 0.2) is 5.78 Å². The summed E-state index contributed by atoms with van der Waals surface area (Å²) in [5.74, 6) is 0.150. The molecule has 1 aromatic rings. The zero-order valence-corrected chi connectivity index (χ0v) is 11.5. The van der Waals surface area contributed by atoms with E-state index >= 15 is 0 Å². The third-order valence-corrected chi connectivity index (χ3v) is 3.86. The minimum absolute atomic E-state index is 0.116. The highest BCUT2D eigenvalue weighted by Crippen LogP contribution is 2.18. The molecule has 1 N–H and O–H groups in total. The largest absolute Gasteiger partial charge is 0.305 e. The predicted octanol–water partition coefficient (Wildman–Crippen LogP) is 3.83. The van der Waals surface area contributed by atoms with Gasteiger partial charge in [-0.25, -0.2) is 0 Å². The molecule has 0 aromatic heterocycles. The molecule has 0 spiro atoms. The first-order chi connectivity index (χ1) is 8.66. The minimum atomic E-state index is -0.116. The molecule has 0 bridgehead atoms. The molecular formula is C15H20ClNO. The van der Waals surface area contributed by atoms with Crippen LogP contribution in [0.2, 0.25) is 5.02 Å². The van der Waals surface area contributed by atoms with Gasteiger partial charge in [0.25, 0.3) is 0 Å². The van der Waals surface area contributed by atoms with Crippen molar-refractivity contribution >= 4 is 17.4 Å². The topological polar surface area (TPSA) is 29.1 Å². The summed E-state index contributed by atoms with van der Waals surface area (Å²) in [6, 6.07) is 7.51. The van der Waals surface area contributed by atoms with Crippen molar-refractivity contribution in [2.24, 2.45) is 0 Å². The second kappa shape index (κ2) is 6.35. The van der Waals surface area contributed by atoms with Gasteiger partial charge in [-0.1, -0.05) is 30.9 Å². The minimum Gasteiger partial charge on any atom is -0.305 e. The molecule has 98 valence electrons. The quantitative estimate of drug-likeness (QED) is 0.839. The van der Waals surface area contributed by atoms with E-state index in [1.54, 1.807) is 24.3 Å². The number of halogens is 1. The van der Waals surface area contributed by atoms with Crippen LogP contribution in [0.1, 0.15) is 49.4 Å². The van der Waals surface area contributed by atoms with Gasteiger partial charge in [-0.3, -0.25) is 4.79 Å². The second-order valence-electron chi connectivity index (χ2n) is 5.09. The first kappa shape index (κ1) is 13.6. The summed E-state index contributed by atoms with van der Waals surface area (Å²) in [7, 11) is 0. The average Bonchev–Trinajstić information content (AvgIpc) is 2.40. The molecule has 0 aliphatic heterocycles. The Morgan fingerprint density at radius 2 is 1.83 bits per heavy atom. The van der Waals surface area contributed by atoms with Crippen molar-refractivity contribution in [1.29, 1.82) is 0 Å². The molecule has 1 unspecified atom stereocenters. The van der Waals surface area contributed by atoms with Crippen LogP contribution in [-0.2, 0) is 0 Å². The number of Topliss-reactive ketones (excluding diaryl/α,β-unsaturated/α-hetero) is 1. The number of nitrogens with one attached hydrogen (secondary N) is 1. The van der Waals surface area contributed by atoms with Crippen molar-refractivity contribution in [2.45, 2.75) is 51.1 Å².